The molecule has 1 aliphatic heterocycles. The highest BCUT2D eigenvalue weighted by molar-refractivity contribution is 6.27. The number of fused-ring (bicyclic) bond motifs is 4. The van der Waals surface area contributed by atoms with Crippen molar-refractivity contribution in [1.29, 1.82) is 0 Å². The molecule has 0 fully saturated rings. The molecule has 1 aromatic heterocycles. The zero-order valence-electron chi connectivity index (χ0n) is 14.0. The molecule has 0 bridgehead atoms. The highest BCUT2D eigenvalue weighted by atomic mass is 16.7. The summed E-state index contributed by atoms with van der Waals surface area (Å²) >= 11 is 0. The zero-order valence-corrected chi connectivity index (χ0v) is 14.0. The molecule has 2 heterocycles. The van der Waals surface area contributed by atoms with Gasteiger partial charge in [-0.25, -0.2) is 0 Å². The third kappa shape index (κ3) is 1.67. The Kier molecular flexibility index (Phi) is 2.86. The molecule has 0 amide bonds. The number of phenols is 1. The fraction of sp³-hybridized carbons (Fsp3) is 0.158. The number of methoxy groups -OCH3 is 2. The number of benzene rings is 2. The first-order chi connectivity index (χ1) is 12.7. The van der Waals surface area contributed by atoms with Gasteiger partial charge < -0.3 is 24.1 Å². The first-order valence-corrected chi connectivity index (χ1v) is 7.90. The minimum Gasteiger partial charge on any atom is -0.504 e. The lowest BCUT2D eigenvalue weighted by molar-refractivity contribution is 0.103. The van der Waals surface area contributed by atoms with E-state index >= 15 is 0 Å². The molecular formula is C19H13NO6. The molecule has 1 aliphatic carbocycles. The lowest BCUT2D eigenvalue weighted by Crippen LogP contribution is -2.13. The highest BCUT2D eigenvalue weighted by Gasteiger charge is 2.36. The summed E-state index contributed by atoms with van der Waals surface area (Å²) in [6, 6.07) is 4.79. The van der Waals surface area contributed by atoms with Gasteiger partial charge in [-0.3, -0.25) is 9.78 Å². The number of hydrogen-bond donors (Lipinski definition) is 1. The Morgan fingerprint density at radius 1 is 1.12 bits per heavy atom. The number of rotatable bonds is 2. The number of phenolic OH excluding ortho intramolecular Hbond substituents is 1. The van der Waals surface area contributed by atoms with E-state index in [0.717, 1.165) is 0 Å². The molecule has 0 spiro atoms. The van der Waals surface area contributed by atoms with Gasteiger partial charge in [0.25, 0.3) is 0 Å². The van der Waals surface area contributed by atoms with Gasteiger partial charge in [-0.2, -0.15) is 0 Å². The summed E-state index contributed by atoms with van der Waals surface area (Å²) in [5.41, 5.74) is 1.89. The highest BCUT2D eigenvalue weighted by Crippen LogP contribution is 2.56. The van der Waals surface area contributed by atoms with E-state index in [-0.39, 0.29) is 24.1 Å². The van der Waals surface area contributed by atoms with Crippen LogP contribution in [0.5, 0.6) is 28.7 Å². The van der Waals surface area contributed by atoms with Crippen LogP contribution in [0.15, 0.2) is 24.4 Å². The van der Waals surface area contributed by atoms with Gasteiger partial charge >= 0.3 is 0 Å². The summed E-state index contributed by atoms with van der Waals surface area (Å²) in [7, 11) is 2.97. The quantitative estimate of drug-likeness (QED) is 0.594. The number of aromatic hydroxyl groups is 1. The number of nitrogens with zero attached hydrogens (tertiary/aromatic N) is 1. The molecule has 0 unspecified atom stereocenters. The Labute approximate surface area is 147 Å². The average Bonchev–Trinajstić information content (AvgIpc) is 3.13. The van der Waals surface area contributed by atoms with Crippen LogP contribution in [0, 0.1) is 0 Å². The molecule has 0 radical (unpaired) electrons. The maximum absolute atomic E-state index is 13.1. The first-order valence-electron chi connectivity index (χ1n) is 7.90. The minimum absolute atomic E-state index is 0.0448. The number of ether oxygens (including phenoxy) is 4. The molecule has 2 aliphatic rings. The molecule has 26 heavy (non-hydrogen) atoms. The predicted molar refractivity (Wildman–Crippen MR) is 91.5 cm³/mol. The van der Waals surface area contributed by atoms with Gasteiger partial charge in [0, 0.05) is 33.7 Å². The van der Waals surface area contributed by atoms with Gasteiger partial charge in [0.2, 0.25) is 18.3 Å². The summed E-state index contributed by atoms with van der Waals surface area (Å²) in [5.74, 6) is 1.34. The molecule has 7 nitrogen and oxygen atoms in total. The van der Waals surface area contributed by atoms with Gasteiger partial charge in [-0.15, -0.1) is 0 Å². The van der Waals surface area contributed by atoms with E-state index in [1.807, 2.05) is 0 Å². The molecule has 0 saturated heterocycles. The molecular weight excluding hydrogens is 338 g/mol. The van der Waals surface area contributed by atoms with Crippen LogP contribution < -0.4 is 18.9 Å². The van der Waals surface area contributed by atoms with E-state index in [0.29, 0.717) is 50.4 Å². The first kappa shape index (κ1) is 14.8. The van der Waals surface area contributed by atoms with Crippen LogP contribution in [0.3, 0.4) is 0 Å². The second kappa shape index (κ2) is 5.01. The number of carbonyl (C=O) groups is 1. The number of carbonyl (C=O) groups excluding carboxylic acids is 1. The van der Waals surface area contributed by atoms with Crippen LogP contribution in [-0.4, -0.2) is 36.9 Å². The van der Waals surface area contributed by atoms with Gasteiger partial charge in [-0.1, -0.05) is 0 Å². The molecule has 0 atom stereocenters. The number of ketones is 1. The summed E-state index contributed by atoms with van der Waals surface area (Å²) < 4.78 is 22.0. The van der Waals surface area contributed by atoms with Crippen LogP contribution in [0.4, 0.5) is 0 Å². The maximum atomic E-state index is 13.1. The number of pyridine rings is 1. The smallest absolute Gasteiger partial charge is 0.231 e. The summed E-state index contributed by atoms with van der Waals surface area (Å²) in [6.07, 6.45) is 1.56. The lowest BCUT2D eigenvalue weighted by Gasteiger charge is -2.22. The van der Waals surface area contributed by atoms with Crippen LogP contribution in [-0.2, 0) is 0 Å². The minimum atomic E-state index is -0.252. The van der Waals surface area contributed by atoms with E-state index in [2.05, 4.69) is 4.98 Å². The Balaban J connectivity index is 2.01. The summed E-state index contributed by atoms with van der Waals surface area (Å²) in [6.45, 7) is 0.0448. The standard InChI is InChI=1S/C19H13NO6/c1-23-12-6-10-9(5-11(12)21)14-13-8(3-4-20-15(13)16(10)22)17(24-2)19-18(14)25-7-26-19/h3-6,21H,7H2,1-2H3. The van der Waals surface area contributed by atoms with Gasteiger partial charge in [0.05, 0.1) is 14.2 Å². The van der Waals surface area contributed by atoms with Crippen molar-refractivity contribution >= 4 is 16.6 Å². The Hall–Kier alpha value is -3.48. The van der Waals surface area contributed by atoms with E-state index in [4.69, 9.17) is 18.9 Å². The maximum Gasteiger partial charge on any atom is 0.231 e. The monoisotopic (exact) mass is 351 g/mol. The van der Waals surface area contributed by atoms with Gasteiger partial charge in [0.1, 0.15) is 5.69 Å². The van der Waals surface area contributed by atoms with Crippen LogP contribution in [0.25, 0.3) is 21.9 Å². The van der Waals surface area contributed by atoms with Crippen molar-refractivity contribution < 1.29 is 28.8 Å². The summed E-state index contributed by atoms with van der Waals surface area (Å²) in [4.78, 5) is 17.4. The van der Waals surface area contributed by atoms with Crippen molar-refractivity contribution in [3.63, 3.8) is 0 Å². The fourth-order valence-corrected chi connectivity index (χ4v) is 3.66. The van der Waals surface area contributed by atoms with E-state index < -0.39 is 0 Å². The van der Waals surface area contributed by atoms with Crippen LogP contribution >= 0.6 is 0 Å². The molecule has 2 aromatic carbocycles. The van der Waals surface area contributed by atoms with Crippen molar-refractivity contribution in [3.05, 3.63) is 35.7 Å². The van der Waals surface area contributed by atoms with E-state index in [1.54, 1.807) is 12.3 Å². The average molecular weight is 351 g/mol. The number of aromatic nitrogens is 1. The van der Waals surface area contributed by atoms with Crippen LogP contribution in [0.2, 0.25) is 0 Å². The van der Waals surface area contributed by atoms with E-state index in [9.17, 15) is 9.90 Å². The molecule has 7 heteroatoms. The normalized spacial score (nSPS) is 13.7. The summed E-state index contributed by atoms with van der Waals surface area (Å²) in [5, 5.41) is 11.6. The third-order valence-corrected chi connectivity index (χ3v) is 4.74. The zero-order chi connectivity index (χ0) is 18.0. The lowest BCUT2D eigenvalue weighted by atomic mass is 9.84. The van der Waals surface area contributed by atoms with Crippen molar-refractivity contribution in [1.82, 2.24) is 4.98 Å². The second-order valence-corrected chi connectivity index (χ2v) is 5.95. The van der Waals surface area contributed by atoms with E-state index in [1.165, 1.54) is 26.4 Å². The van der Waals surface area contributed by atoms with Crippen molar-refractivity contribution in [3.8, 4) is 39.9 Å². The third-order valence-electron chi connectivity index (χ3n) is 4.74. The largest absolute Gasteiger partial charge is 0.504 e. The fourth-order valence-electron chi connectivity index (χ4n) is 3.66. The van der Waals surface area contributed by atoms with Crippen LogP contribution in [0.1, 0.15) is 16.1 Å². The molecule has 130 valence electrons. The second-order valence-electron chi connectivity index (χ2n) is 5.95. The molecule has 3 aromatic rings. The Morgan fingerprint density at radius 3 is 2.69 bits per heavy atom. The topological polar surface area (TPSA) is 87.1 Å². The number of hydrogen-bond acceptors (Lipinski definition) is 7. The van der Waals surface area contributed by atoms with Gasteiger partial charge in [0.15, 0.2) is 23.0 Å². The van der Waals surface area contributed by atoms with Gasteiger partial charge in [-0.05, 0) is 18.2 Å². The van der Waals surface area contributed by atoms with Crippen molar-refractivity contribution in [2.45, 2.75) is 0 Å². The molecule has 5 rings (SSSR count). The molecule has 1 N–H and O–H groups in total. The SMILES string of the molecule is COc1cc2c(cc1O)-c1c3c(c(OC)c4ccnc(c14)C2=O)OCO3. The van der Waals surface area contributed by atoms with Crippen molar-refractivity contribution in [2.75, 3.05) is 21.0 Å². The predicted octanol–water partition coefficient (Wildman–Crippen LogP) is 2.90. The Morgan fingerprint density at radius 2 is 1.92 bits per heavy atom. The molecule has 0 saturated carbocycles. The van der Waals surface area contributed by atoms with Crippen molar-refractivity contribution in [2.24, 2.45) is 0 Å². The Bertz CT molecular complexity index is 1120.